The van der Waals surface area contributed by atoms with Gasteiger partial charge in [0.05, 0.1) is 18.9 Å². The van der Waals surface area contributed by atoms with Gasteiger partial charge < -0.3 is 20.1 Å². The van der Waals surface area contributed by atoms with Crippen LogP contribution in [0.5, 0.6) is 0 Å². The van der Waals surface area contributed by atoms with Crippen LogP contribution in [0.25, 0.3) is 0 Å². The molecule has 1 aromatic carbocycles. The predicted octanol–water partition coefficient (Wildman–Crippen LogP) is 2.05. The molecule has 2 fully saturated rings. The van der Waals surface area contributed by atoms with Gasteiger partial charge >= 0.3 is 0 Å². The Morgan fingerprint density at radius 3 is 2.40 bits per heavy atom. The Morgan fingerprint density at radius 2 is 1.85 bits per heavy atom. The summed E-state index contributed by atoms with van der Waals surface area (Å²) < 4.78 is 25.4. The average molecular weight is 303 g/mol. The zero-order valence-corrected chi connectivity index (χ0v) is 12.1. The molecule has 0 bridgehead atoms. The van der Waals surface area contributed by atoms with E-state index in [4.69, 9.17) is 15.2 Å². The molecule has 20 heavy (non-hydrogen) atoms. The Hall–Kier alpha value is -0.880. The Kier molecular flexibility index (Phi) is 4.86. The van der Waals surface area contributed by atoms with Crippen molar-refractivity contribution in [1.82, 2.24) is 0 Å². The lowest BCUT2D eigenvalue weighted by Gasteiger charge is -2.38. The SMILES string of the molecule is Cl.NCc1ccc(N2CCC3(CC2)OCCO3)c(F)c1. The molecule has 1 aromatic rings. The lowest BCUT2D eigenvalue weighted by Crippen LogP contribution is -2.45. The first-order valence-electron chi connectivity index (χ1n) is 6.74. The molecule has 3 rings (SSSR count). The van der Waals surface area contributed by atoms with Crippen LogP contribution in [0, 0.1) is 5.82 Å². The number of halogens is 2. The summed E-state index contributed by atoms with van der Waals surface area (Å²) in [6.07, 6.45) is 1.57. The van der Waals surface area contributed by atoms with Crippen molar-refractivity contribution < 1.29 is 13.9 Å². The van der Waals surface area contributed by atoms with Gasteiger partial charge in [0, 0.05) is 32.5 Å². The molecular weight excluding hydrogens is 283 g/mol. The molecular formula is C14H20ClFN2O2. The first-order valence-corrected chi connectivity index (χ1v) is 6.74. The van der Waals surface area contributed by atoms with Crippen LogP contribution < -0.4 is 10.6 Å². The second-order valence-electron chi connectivity index (χ2n) is 5.08. The number of nitrogens with two attached hydrogens (primary N) is 1. The summed E-state index contributed by atoms with van der Waals surface area (Å²) in [6.45, 7) is 3.19. The number of hydrogen-bond acceptors (Lipinski definition) is 4. The molecule has 2 heterocycles. The molecule has 0 atom stereocenters. The van der Waals surface area contributed by atoms with Gasteiger partial charge in [0.1, 0.15) is 5.82 Å². The highest BCUT2D eigenvalue weighted by Gasteiger charge is 2.40. The van der Waals surface area contributed by atoms with Crippen LogP contribution in [0.1, 0.15) is 18.4 Å². The molecule has 2 aliphatic heterocycles. The minimum Gasteiger partial charge on any atom is -0.369 e. The number of ether oxygens (including phenoxy) is 2. The molecule has 0 amide bonds. The summed E-state index contributed by atoms with van der Waals surface area (Å²) in [5.74, 6) is -0.614. The van der Waals surface area contributed by atoms with Crippen LogP contribution in [-0.4, -0.2) is 32.1 Å². The van der Waals surface area contributed by atoms with Crippen molar-refractivity contribution in [2.75, 3.05) is 31.2 Å². The molecule has 1 spiro atoms. The van der Waals surface area contributed by atoms with Crippen LogP contribution in [0.3, 0.4) is 0 Å². The lowest BCUT2D eigenvalue weighted by atomic mass is 10.0. The third-order valence-corrected chi connectivity index (χ3v) is 3.93. The smallest absolute Gasteiger partial charge is 0.171 e. The summed E-state index contributed by atoms with van der Waals surface area (Å²) in [7, 11) is 0. The number of rotatable bonds is 2. The van der Waals surface area contributed by atoms with Crippen molar-refractivity contribution >= 4 is 18.1 Å². The fraction of sp³-hybridized carbons (Fsp3) is 0.571. The van der Waals surface area contributed by atoms with Crippen molar-refractivity contribution in [3.8, 4) is 0 Å². The van der Waals surface area contributed by atoms with Crippen LogP contribution in [-0.2, 0) is 16.0 Å². The van der Waals surface area contributed by atoms with E-state index in [0.717, 1.165) is 31.5 Å². The van der Waals surface area contributed by atoms with Crippen molar-refractivity contribution in [2.24, 2.45) is 5.73 Å². The van der Waals surface area contributed by atoms with E-state index in [0.29, 0.717) is 25.4 Å². The molecule has 0 aliphatic carbocycles. The summed E-state index contributed by atoms with van der Waals surface area (Å²) in [5, 5.41) is 0. The Labute approximate surface area is 124 Å². The van der Waals surface area contributed by atoms with Crippen molar-refractivity contribution in [3.05, 3.63) is 29.6 Å². The van der Waals surface area contributed by atoms with Gasteiger partial charge in [-0.2, -0.15) is 0 Å². The number of anilines is 1. The third-order valence-electron chi connectivity index (χ3n) is 3.93. The predicted molar refractivity (Wildman–Crippen MR) is 77.6 cm³/mol. The van der Waals surface area contributed by atoms with Gasteiger partial charge in [-0.15, -0.1) is 12.4 Å². The maximum absolute atomic E-state index is 14.0. The number of hydrogen-bond donors (Lipinski definition) is 1. The van der Waals surface area contributed by atoms with E-state index in [9.17, 15) is 4.39 Å². The summed E-state index contributed by atoms with van der Waals surface area (Å²) >= 11 is 0. The van der Waals surface area contributed by atoms with Crippen molar-refractivity contribution in [3.63, 3.8) is 0 Å². The minimum atomic E-state index is -0.413. The largest absolute Gasteiger partial charge is 0.369 e. The number of piperidine rings is 1. The maximum atomic E-state index is 14.0. The second kappa shape index (κ2) is 6.26. The van der Waals surface area contributed by atoms with Gasteiger partial charge in [0.25, 0.3) is 0 Å². The zero-order valence-electron chi connectivity index (χ0n) is 11.3. The molecule has 4 nitrogen and oxygen atoms in total. The third kappa shape index (κ3) is 2.91. The molecule has 2 N–H and O–H groups in total. The molecule has 6 heteroatoms. The summed E-state index contributed by atoms with van der Waals surface area (Å²) in [4.78, 5) is 2.05. The average Bonchev–Trinajstić information content (AvgIpc) is 2.88. The highest BCUT2D eigenvalue weighted by molar-refractivity contribution is 5.85. The second-order valence-corrected chi connectivity index (χ2v) is 5.08. The normalized spacial score (nSPS) is 21.0. The summed E-state index contributed by atoms with van der Waals surface area (Å²) in [6, 6.07) is 5.21. The molecule has 2 saturated heterocycles. The van der Waals surface area contributed by atoms with Gasteiger partial charge in [-0.3, -0.25) is 0 Å². The van der Waals surface area contributed by atoms with Crippen LogP contribution in [0.15, 0.2) is 18.2 Å². The Morgan fingerprint density at radius 1 is 1.20 bits per heavy atom. The van der Waals surface area contributed by atoms with Gasteiger partial charge in [-0.05, 0) is 17.7 Å². The van der Waals surface area contributed by atoms with Crippen molar-refractivity contribution in [2.45, 2.75) is 25.2 Å². The molecule has 0 aromatic heterocycles. The molecule has 0 saturated carbocycles. The maximum Gasteiger partial charge on any atom is 0.171 e. The first-order chi connectivity index (χ1) is 9.22. The molecule has 0 radical (unpaired) electrons. The standard InChI is InChI=1S/C14H19FN2O2.ClH/c15-12-9-11(10-16)1-2-13(12)17-5-3-14(4-6-17)18-7-8-19-14;/h1-2,9H,3-8,10,16H2;1H. The van der Waals surface area contributed by atoms with Gasteiger partial charge in [-0.25, -0.2) is 4.39 Å². The quantitative estimate of drug-likeness (QED) is 0.908. The van der Waals surface area contributed by atoms with Gasteiger partial charge in [0.2, 0.25) is 0 Å². The van der Waals surface area contributed by atoms with Crippen LogP contribution in [0.4, 0.5) is 10.1 Å². The van der Waals surface area contributed by atoms with Crippen LogP contribution in [0.2, 0.25) is 0 Å². The van der Waals surface area contributed by atoms with Gasteiger partial charge in [-0.1, -0.05) is 6.07 Å². The number of benzene rings is 1. The Balaban J connectivity index is 0.00000147. The molecule has 2 aliphatic rings. The monoisotopic (exact) mass is 302 g/mol. The molecule has 0 unspecified atom stereocenters. The Bertz CT molecular complexity index is 456. The number of nitrogens with zero attached hydrogens (tertiary/aromatic N) is 1. The van der Waals surface area contributed by atoms with E-state index in [2.05, 4.69) is 0 Å². The zero-order chi connectivity index (χ0) is 13.3. The van der Waals surface area contributed by atoms with Crippen molar-refractivity contribution in [1.29, 1.82) is 0 Å². The topological polar surface area (TPSA) is 47.7 Å². The van der Waals surface area contributed by atoms with E-state index in [1.165, 1.54) is 6.07 Å². The van der Waals surface area contributed by atoms with E-state index in [-0.39, 0.29) is 18.2 Å². The first kappa shape index (κ1) is 15.5. The highest BCUT2D eigenvalue weighted by atomic mass is 35.5. The van der Waals surface area contributed by atoms with Gasteiger partial charge in [0.15, 0.2) is 5.79 Å². The fourth-order valence-electron chi connectivity index (χ4n) is 2.81. The van der Waals surface area contributed by atoms with E-state index >= 15 is 0 Å². The highest BCUT2D eigenvalue weighted by Crippen LogP contribution is 2.34. The van der Waals surface area contributed by atoms with E-state index in [1.54, 1.807) is 0 Å². The van der Waals surface area contributed by atoms with E-state index in [1.807, 2.05) is 17.0 Å². The van der Waals surface area contributed by atoms with E-state index < -0.39 is 5.79 Å². The fourth-order valence-corrected chi connectivity index (χ4v) is 2.81. The lowest BCUT2D eigenvalue weighted by molar-refractivity contribution is -0.169. The molecule has 112 valence electrons. The minimum absolute atomic E-state index is 0. The summed E-state index contributed by atoms with van der Waals surface area (Å²) in [5.41, 5.74) is 6.97. The van der Waals surface area contributed by atoms with Crippen LogP contribution >= 0.6 is 12.4 Å².